The molecule has 1 aromatic heterocycles. The minimum absolute atomic E-state index is 0.870. The van der Waals surface area contributed by atoms with Gasteiger partial charge < -0.3 is 5.32 Å². The number of nitrogens with zero attached hydrogens (tertiary/aromatic N) is 2. The summed E-state index contributed by atoms with van der Waals surface area (Å²) in [5.41, 5.74) is 1.23. The predicted octanol–water partition coefficient (Wildman–Crippen LogP) is 2.51. The Hall–Kier alpha value is -1.09. The molecule has 3 heteroatoms. The van der Waals surface area contributed by atoms with Gasteiger partial charge in [-0.2, -0.15) is 5.10 Å². The van der Waals surface area contributed by atoms with Gasteiger partial charge in [0.2, 0.25) is 0 Å². The van der Waals surface area contributed by atoms with Gasteiger partial charge >= 0.3 is 0 Å². The van der Waals surface area contributed by atoms with Crippen molar-refractivity contribution in [3.63, 3.8) is 0 Å². The lowest BCUT2D eigenvalue weighted by Gasteiger charge is -2.15. The summed E-state index contributed by atoms with van der Waals surface area (Å²) < 4.78 is 1.75. The Balaban J connectivity index is 1.73. The topological polar surface area (TPSA) is 29.9 Å². The zero-order chi connectivity index (χ0) is 11.4. The molecule has 1 saturated carbocycles. The van der Waals surface area contributed by atoms with Crippen LogP contribution in [-0.2, 0) is 6.54 Å². The van der Waals surface area contributed by atoms with E-state index in [0.29, 0.717) is 0 Å². The van der Waals surface area contributed by atoms with E-state index in [1.54, 1.807) is 10.9 Å². The minimum Gasteiger partial charge on any atom is -0.312 e. The monoisotopic (exact) mass is 219 g/mol. The highest BCUT2D eigenvalue weighted by molar-refractivity contribution is 5.17. The summed E-state index contributed by atoms with van der Waals surface area (Å²) >= 11 is 0. The molecular weight excluding hydrogens is 198 g/mol. The van der Waals surface area contributed by atoms with E-state index < -0.39 is 0 Å². The fourth-order valence-corrected chi connectivity index (χ4v) is 2.50. The molecule has 0 spiro atoms. The van der Waals surface area contributed by atoms with Crippen LogP contribution in [0.5, 0.6) is 0 Å². The zero-order valence-electron chi connectivity index (χ0n) is 10.0. The molecule has 1 fully saturated rings. The molecule has 2 unspecified atom stereocenters. The van der Waals surface area contributed by atoms with E-state index in [2.05, 4.69) is 23.9 Å². The van der Waals surface area contributed by atoms with Gasteiger partial charge in [-0.1, -0.05) is 26.3 Å². The van der Waals surface area contributed by atoms with Crippen molar-refractivity contribution in [2.45, 2.75) is 32.7 Å². The molecule has 88 valence electrons. The van der Waals surface area contributed by atoms with E-state index in [0.717, 1.165) is 24.9 Å². The fourth-order valence-electron chi connectivity index (χ4n) is 2.50. The SMILES string of the molecule is C=Cn1cc(CNCC2CCCC2C)cn1. The Morgan fingerprint density at radius 3 is 3.12 bits per heavy atom. The molecule has 1 aliphatic carbocycles. The zero-order valence-corrected chi connectivity index (χ0v) is 10.0. The maximum Gasteiger partial charge on any atom is 0.0538 e. The van der Waals surface area contributed by atoms with Crippen molar-refractivity contribution in [2.24, 2.45) is 11.8 Å². The van der Waals surface area contributed by atoms with E-state index in [1.807, 2.05) is 12.4 Å². The van der Waals surface area contributed by atoms with Gasteiger partial charge in [0.25, 0.3) is 0 Å². The van der Waals surface area contributed by atoms with Gasteiger partial charge in [-0.15, -0.1) is 0 Å². The summed E-state index contributed by atoms with van der Waals surface area (Å²) in [5.74, 6) is 1.76. The molecule has 1 heterocycles. The van der Waals surface area contributed by atoms with Crippen LogP contribution in [0.1, 0.15) is 31.7 Å². The van der Waals surface area contributed by atoms with Crippen LogP contribution in [0.25, 0.3) is 6.20 Å². The summed E-state index contributed by atoms with van der Waals surface area (Å²) in [4.78, 5) is 0. The summed E-state index contributed by atoms with van der Waals surface area (Å²) in [6.07, 6.45) is 9.82. The second kappa shape index (κ2) is 5.30. The van der Waals surface area contributed by atoms with Crippen LogP contribution in [0.15, 0.2) is 19.0 Å². The Labute approximate surface area is 97.5 Å². The Bertz CT molecular complexity index is 343. The Morgan fingerprint density at radius 1 is 1.62 bits per heavy atom. The molecule has 0 amide bonds. The van der Waals surface area contributed by atoms with Crippen molar-refractivity contribution < 1.29 is 0 Å². The van der Waals surface area contributed by atoms with Gasteiger partial charge in [0.1, 0.15) is 0 Å². The summed E-state index contributed by atoms with van der Waals surface area (Å²) in [6.45, 7) is 8.10. The average molecular weight is 219 g/mol. The van der Waals surface area contributed by atoms with Crippen LogP contribution in [0.4, 0.5) is 0 Å². The molecule has 0 aliphatic heterocycles. The summed E-state index contributed by atoms with van der Waals surface area (Å²) in [6, 6.07) is 0. The van der Waals surface area contributed by atoms with E-state index in [1.165, 1.54) is 24.8 Å². The lowest BCUT2D eigenvalue weighted by atomic mass is 9.98. The largest absolute Gasteiger partial charge is 0.312 e. The minimum atomic E-state index is 0.870. The normalized spacial score (nSPS) is 24.8. The lowest BCUT2D eigenvalue weighted by Crippen LogP contribution is -2.23. The maximum absolute atomic E-state index is 4.16. The van der Waals surface area contributed by atoms with Crippen LogP contribution in [-0.4, -0.2) is 16.3 Å². The molecule has 1 aliphatic rings. The molecule has 1 aromatic rings. The van der Waals surface area contributed by atoms with Gasteiger partial charge in [0.15, 0.2) is 0 Å². The van der Waals surface area contributed by atoms with E-state index >= 15 is 0 Å². The van der Waals surface area contributed by atoms with Crippen molar-refractivity contribution in [3.05, 3.63) is 24.5 Å². The highest BCUT2D eigenvalue weighted by atomic mass is 15.2. The smallest absolute Gasteiger partial charge is 0.0538 e. The first-order valence-electron chi connectivity index (χ1n) is 6.16. The molecule has 0 bridgehead atoms. The maximum atomic E-state index is 4.16. The number of nitrogens with one attached hydrogen (secondary N) is 1. The number of hydrogen-bond acceptors (Lipinski definition) is 2. The van der Waals surface area contributed by atoms with Crippen LogP contribution in [0.3, 0.4) is 0 Å². The molecule has 1 N–H and O–H groups in total. The number of hydrogen-bond donors (Lipinski definition) is 1. The first-order valence-corrected chi connectivity index (χ1v) is 6.16. The van der Waals surface area contributed by atoms with Gasteiger partial charge in [-0.3, -0.25) is 0 Å². The third kappa shape index (κ3) is 2.73. The molecule has 2 atom stereocenters. The molecule has 0 aromatic carbocycles. The van der Waals surface area contributed by atoms with E-state index in [4.69, 9.17) is 0 Å². The van der Waals surface area contributed by atoms with Crippen LogP contribution in [0.2, 0.25) is 0 Å². The third-order valence-electron chi connectivity index (χ3n) is 3.62. The van der Waals surface area contributed by atoms with Crippen LogP contribution < -0.4 is 5.32 Å². The Kier molecular flexibility index (Phi) is 3.78. The van der Waals surface area contributed by atoms with Gasteiger partial charge in [-0.05, 0) is 24.8 Å². The van der Waals surface area contributed by atoms with E-state index in [-0.39, 0.29) is 0 Å². The molecular formula is C13H21N3. The summed E-state index contributed by atoms with van der Waals surface area (Å²) in [5, 5.41) is 7.68. The van der Waals surface area contributed by atoms with Crippen LogP contribution in [0, 0.1) is 11.8 Å². The first kappa shape index (κ1) is 11.4. The average Bonchev–Trinajstić information content (AvgIpc) is 2.89. The molecule has 0 radical (unpaired) electrons. The second-order valence-corrected chi connectivity index (χ2v) is 4.81. The second-order valence-electron chi connectivity index (χ2n) is 4.81. The third-order valence-corrected chi connectivity index (χ3v) is 3.62. The number of rotatable bonds is 5. The first-order chi connectivity index (χ1) is 7.79. The van der Waals surface area contributed by atoms with E-state index in [9.17, 15) is 0 Å². The number of aromatic nitrogens is 2. The Morgan fingerprint density at radius 2 is 2.50 bits per heavy atom. The quantitative estimate of drug-likeness (QED) is 0.824. The molecule has 16 heavy (non-hydrogen) atoms. The molecule has 3 nitrogen and oxygen atoms in total. The van der Waals surface area contributed by atoms with Crippen molar-refractivity contribution in [1.29, 1.82) is 0 Å². The van der Waals surface area contributed by atoms with Crippen molar-refractivity contribution >= 4 is 6.20 Å². The van der Waals surface area contributed by atoms with Gasteiger partial charge in [0, 0.05) is 24.5 Å². The van der Waals surface area contributed by atoms with Gasteiger partial charge in [-0.25, -0.2) is 4.68 Å². The van der Waals surface area contributed by atoms with Gasteiger partial charge in [0.05, 0.1) is 6.20 Å². The van der Waals surface area contributed by atoms with Crippen molar-refractivity contribution in [2.75, 3.05) is 6.54 Å². The molecule has 0 saturated heterocycles. The predicted molar refractivity (Wildman–Crippen MR) is 66.8 cm³/mol. The highest BCUT2D eigenvalue weighted by Gasteiger charge is 2.22. The van der Waals surface area contributed by atoms with Crippen molar-refractivity contribution in [3.8, 4) is 0 Å². The lowest BCUT2D eigenvalue weighted by molar-refractivity contribution is 0.392. The van der Waals surface area contributed by atoms with Crippen LogP contribution >= 0.6 is 0 Å². The summed E-state index contributed by atoms with van der Waals surface area (Å²) in [7, 11) is 0. The fraction of sp³-hybridized carbons (Fsp3) is 0.615. The highest BCUT2D eigenvalue weighted by Crippen LogP contribution is 2.30. The molecule has 2 rings (SSSR count). The standard InChI is InChI=1S/C13H21N3/c1-3-16-10-12(8-15-16)7-14-9-13-6-4-5-11(13)2/h3,8,10-11,13-14H,1,4-7,9H2,2H3. The van der Waals surface area contributed by atoms with Crippen molar-refractivity contribution in [1.82, 2.24) is 15.1 Å².